The SMILES string of the molecule is COc1ccccc1N1CCN(C(=O)c2ccc(C#Cc3ccccc3)cc2)CC1. The topological polar surface area (TPSA) is 32.8 Å². The summed E-state index contributed by atoms with van der Waals surface area (Å²) in [6.07, 6.45) is 0. The van der Waals surface area contributed by atoms with E-state index in [0.717, 1.165) is 35.7 Å². The molecule has 0 bridgehead atoms. The number of amides is 1. The summed E-state index contributed by atoms with van der Waals surface area (Å²) in [5.74, 6) is 7.22. The van der Waals surface area contributed by atoms with Crippen molar-refractivity contribution in [3.63, 3.8) is 0 Å². The first-order valence-electron chi connectivity index (χ1n) is 10.1. The third kappa shape index (κ3) is 4.47. The van der Waals surface area contributed by atoms with Gasteiger partial charge >= 0.3 is 0 Å². The van der Waals surface area contributed by atoms with Gasteiger partial charge in [-0.25, -0.2) is 0 Å². The van der Waals surface area contributed by atoms with Gasteiger partial charge < -0.3 is 14.5 Å². The van der Waals surface area contributed by atoms with Crippen LogP contribution in [0.15, 0.2) is 78.9 Å². The largest absolute Gasteiger partial charge is 0.495 e. The fourth-order valence-corrected chi connectivity index (χ4v) is 3.59. The number of rotatable bonds is 3. The Balaban J connectivity index is 1.38. The highest BCUT2D eigenvalue weighted by molar-refractivity contribution is 5.94. The summed E-state index contributed by atoms with van der Waals surface area (Å²) >= 11 is 0. The monoisotopic (exact) mass is 396 g/mol. The summed E-state index contributed by atoms with van der Waals surface area (Å²) in [7, 11) is 1.69. The van der Waals surface area contributed by atoms with E-state index in [1.54, 1.807) is 7.11 Å². The molecule has 0 saturated carbocycles. The second-order valence-corrected chi connectivity index (χ2v) is 7.14. The Hall–Kier alpha value is -3.71. The average Bonchev–Trinajstić information content (AvgIpc) is 2.83. The third-order valence-electron chi connectivity index (χ3n) is 5.25. The Kier molecular flexibility index (Phi) is 6.01. The van der Waals surface area contributed by atoms with Gasteiger partial charge in [0.2, 0.25) is 0 Å². The number of nitrogens with zero attached hydrogens (tertiary/aromatic N) is 2. The zero-order valence-corrected chi connectivity index (χ0v) is 17.0. The molecule has 0 radical (unpaired) electrons. The normalized spacial score (nSPS) is 13.4. The Morgan fingerprint density at radius 1 is 0.767 bits per heavy atom. The highest BCUT2D eigenvalue weighted by Gasteiger charge is 2.23. The minimum Gasteiger partial charge on any atom is -0.495 e. The molecular formula is C26H24N2O2. The predicted octanol–water partition coefficient (Wildman–Crippen LogP) is 4.06. The van der Waals surface area contributed by atoms with Gasteiger partial charge in [-0.05, 0) is 48.5 Å². The van der Waals surface area contributed by atoms with Crippen LogP contribution in [0.4, 0.5) is 5.69 Å². The summed E-state index contributed by atoms with van der Waals surface area (Å²) in [6, 6.07) is 25.4. The summed E-state index contributed by atoms with van der Waals surface area (Å²) < 4.78 is 5.47. The first kappa shape index (κ1) is 19.6. The van der Waals surface area contributed by atoms with Crippen LogP contribution in [0.5, 0.6) is 5.75 Å². The highest BCUT2D eigenvalue weighted by Crippen LogP contribution is 2.28. The molecule has 150 valence electrons. The van der Waals surface area contributed by atoms with Gasteiger partial charge in [0.15, 0.2) is 0 Å². The molecule has 0 atom stereocenters. The van der Waals surface area contributed by atoms with E-state index >= 15 is 0 Å². The van der Waals surface area contributed by atoms with Crippen LogP contribution >= 0.6 is 0 Å². The molecule has 4 nitrogen and oxygen atoms in total. The van der Waals surface area contributed by atoms with Gasteiger partial charge in [-0.15, -0.1) is 0 Å². The predicted molar refractivity (Wildman–Crippen MR) is 120 cm³/mol. The number of anilines is 1. The number of hydrogen-bond donors (Lipinski definition) is 0. The molecule has 0 N–H and O–H groups in total. The molecule has 30 heavy (non-hydrogen) atoms. The third-order valence-corrected chi connectivity index (χ3v) is 5.25. The minimum atomic E-state index is 0.0669. The van der Waals surface area contributed by atoms with Crippen LogP contribution in [-0.2, 0) is 0 Å². The summed E-state index contributed by atoms with van der Waals surface area (Å²) in [5, 5.41) is 0. The van der Waals surface area contributed by atoms with Crippen molar-refractivity contribution < 1.29 is 9.53 Å². The quantitative estimate of drug-likeness (QED) is 0.626. The van der Waals surface area contributed by atoms with Crippen molar-refractivity contribution in [2.75, 3.05) is 38.2 Å². The molecule has 4 rings (SSSR count). The summed E-state index contributed by atoms with van der Waals surface area (Å²) in [5.41, 5.74) is 3.65. The molecule has 3 aromatic rings. The number of para-hydroxylation sites is 2. The van der Waals surface area contributed by atoms with Gasteiger partial charge in [-0.3, -0.25) is 4.79 Å². The van der Waals surface area contributed by atoms with Crippen molar-refractivity contribution in [2.45, 2.75) is 0 Å². The van der Waals surface area contributed by atoms with Crippen LogP contribution in [0.25, 0.3) is 0 Å². The molecule has 1 heterocycles. The summed E-state index contributed by atoms with van der Waals surface area (Å²) in [6.45, 7) is 2.94. The van der Waals surface area contributed by atoms with Gasteiger partial charge in [-0.1, -0.05) is 42.2 Å². The van der Waals surface area contributed by atoms with Crippen molar-refractivity contribution in [1.82, 2.24) is 4.90 Å². The van der Waals surface area contributed by atoms with Crippen molar-refractivity contribution in [3.8, 4) is 17.6 Å². The van der Waals surface area contributed by atoms with E-state index < -0.39 is 0 Å². The highest BCUT2D eigenvalue weighted by atomic mass is 16.5. The second-order valence-electron chi connectivity index (χ2n) is 7.14. The molecule has 0 unspecified atom stereocenters. The van der Waals surface area contributed by atoms with Crippen LogP contribution in [0.1, 0.15) is 21.5 Å². The van der Waals surface area contributed by atoms with Crippen LogP contribution in [0.3, 0.4) is 0 Å². The molecule has 0 spiro atoms. The van der Waals surface area contributed by atoms with Crippen molar-refractivity contribution in [2.24, 2.45) is 0 Å². The lowest BCUT2D eigenvalue weighted by Crippen LogP contribution is -2.48. The number of ether oxygens (including phenoxy) is 1. The molecule has 1 saturated heterocycles. The van der Waals surface area contributed by atoms with Gasteiger partial charge in [0.25, 0.3) is 5.91 Å². The van der Waals surface area contributed by atoms with Gasteiger partial charge in [0.05, 0.1) is 12.8 Å². The Labute approximate surface area is 177 Å². The van der Waals surface area contributed by atoms with Crippen molar-refractivity contribution >= 4 is 11.6 Å². The van der Waals surface area contributed by atoms with Crippen LogP contribution in [0.2, 0.25) is 0 Å². The molecule has 4 heteroatoms. The maximum Gasteiger partial charge on any atom is 0.253 e. The fraction of sp³-hybridized carbons (Fsp3) is 0.192. The second kappa shape index (κ2) is 9.19. The van der Waals surface area contributed by atoms with E-state index in [0.29, 0.717) is 18.7 Å². The standard InChI is InChI=1S/C26H24N2O2/c1-30-25-10-6-5-9-24(25)27-17-19-28(20-18-27)26(29)23-15-13-22(14-16-23)12-11-21-7-3-2-4-8-21/h2-10,13-16H,17-20H2,1H3. The van der Waals surface area contributed by atoms with Gasteiger partial charge in [0, 0.05) is 42.9 Å². The van der Waals surface area contributed by atoms with Gasteiger partial charge in [-0.2, -0.15) is 0 Å². The van der Waals surface area contributed by atoms with Crippen LogP contribution in [0, 0.1) is 11.8 Å². The van der Waals surface area contributed by atoms with E-state index in [9.17, 15) is 4.79 Å². The van der Waals surface area contributed by atoms with E-state index in [4.69, 9.17) is 4.74 Å². The number of methoxy groups -OCH3 is 1. The first-order valence-corrected chi connectivity index (χ1v) is 10.1. The van der Waals surface area contributed by atoms with Gasteiger partial charge in [0.1, 0.15) is 5.75 Å². The van der Waals surface area contributed by atoms with E-state index in [1.807, 2.05) is 77.7 Å². The first-order chi connectivity index (χ1) is 14.7. The van der Waals surface area contributed by atoms with Crippen molar-refractivity contribution in [3.05, 3.63) is 95.6 Å². The summed E-state index contributed by atoms with van der Waals surface area (Å²) in [4.78, 5) is 17.1. The fourth-order valence-electron chi connectivity index (χ4n) is 3.59. The van der Waals surface area contributed by atoms with Crippen LogP contribution in [-0.4, -0.2) is 44.1 Å². The zero-order chi connectivity index (χ0) is 20.8. The number of hydrogen-bond acceptors (Lipinski definition) is 3. The molecule has 1 fully saturated rings. The lowest BCUT2D eigenvalue weighted by molar-refractivity contribution is 0.0746. The zero-order valence-electron chi connectivity index (χ0n) is 17.0. The minimum absolute atomic E-state index is 0.0669. The number of carbonyl (C=O) groups excluding carboxylic acids is 1. The molecule has 1 aliphatic rings. The number of piperazine rings is 1. The lowest BCUT2D eigenvalue weighted by Gasteiger charge is -2.36. The smallest absolute Gasteiger partial charge is 0.253 e. The maximum absolute atomic E-state index is 12.9. The van der Waals surface area contributed by atoms with E-state index in [-0.39, 0.29) is 5.91 Å². The number of carbonyl (C=O) groups is 1. The van der Waals surface area contributed by atoms with E-state index in [1.165, 1.54) is 0 Å². The van der Waals surface area contributed by atoms with Crippen molar-refractivity contribution in [1.29, 1.82) is 0 Å². The van der Waals surface area contributed by atoms with Crippen LogP contribution < -0.4 is 9.64 Å². The maximum atomic E-state index is 12.9. The average molecular weight is 396 g/mol. The van der Waals surface area contributed by atoms with E-state index in [2.05, 4.69) is 22.8 Å². The number of benzene rings is 3. The molecule has 0 aliphatic carbocycles. The Morgan fingerprint density at radius 3 is 2.03 bits per heavy atom. The molecular weight excluding hydrogens is 372 g/mol. The Bertz CT molecular complexity index is 1060. The lowest BCUT2D eigenvalue weighted by atomic mass is 10.1. The molecule has 1 amide bonds. The molecule has 1 aliphatic heterocycles. The molecule has 0 aromatic heterocycles. The Morgan fingerprint density at radius 2 is 1.37 bits per heavy atom. The molecule has 3 aromatic carbocycles.